The first-order chi connectivity index (χ1) is 8.17. The van der Waals surface area contributed by atoms with Gasteiger partial charge in [0.05, 0.1) is 6.10 Å². The van der Waals surface area contributed by atoms with E-state index in [1.54, 1.807) is 0 Å². The predicted molar refractivity (Wildman–Crippen MR) is 74.4 cm³/mol. The van der Waals surface area contributed by atoms with Crippen molar-refractivity contribution in [3.8, 4) is 0 Å². The van der Waals surface area contributed by atoms with E-state index in [0.717, 1.165) is 25.7 Å². The van der Waals surface area contributed by atoms with Gasteiger partial charge < -0.3 is 5.11 Å². The van der Waals surface area contributed by atoms with Crippen LogP contribution in [0.1, 0.15) is 56.7 Å². The lowest BCUT2D eigenvalue weighted by Gasteiger charge is -2.12. The molecule has 0 amide bonds. The molecular weight excluding hydrogens is 208 g/mol. The van der Waals surface area contributed by atoms with Gasteiger partial charge in [0.2, 0.25) is 0 Å². The molecule has 1 N–H and O–H groups in total. The number of aliphatic hydroxyl groups excluding tert-OH is 1. The van der Waals surface area contributed by atoms with E-state index in [0.29, 0.717) is 0 Å². The van der Waals surface area contributed by atoms with Crippen molar-refractivity contribution in [2.24, 2.45) is 0 Å². The molecule has 1 aromatic carbocycles. The van der Waals surface area contributed by atoms with Gasteiger partial charge in [-0.3, -0.25) is 0 Å². The summed E-state index contributed by atoms with van der Waals surface area (Å²) in [6.07, 6.45) is 6.38. The zero-order valence-electron chi connectivity index (χ0n) is 11.5. The lowest BCUT2D eigenvalue weighted by Crippen LogP contribution is -2.04. The summed E-state index contributed by atoms with van der Waals surface area (Å²) in [7, 11) is 0. The summed E-state index contributed by atoms with van der Waals surface area (Å²) in [6.45, 7) is 6.31. The monoisotopic (exact) mass is 234 g/mol. The van der Waals surface area contributed by atoms with Crippen LogP contribution < -0.4 is 0 Å². The van der Waals surface area contributed by atoms with E-state index in [2.05, 4.69) is 32.0 Å². The Morgan fingerprint density at radius 2 is 1.71 bits per heavy atom. The fraction of sp³-hybridized carbons (Fsp3) is 0.625. The molecule has 0 heterocycles. The molecule has 0 aliphatic rings. The first-order valence-electron chi connectivity index (χ1n) is 6.96. The number of aryl methyl sites for hydroxylation is 3. The molecule has 1 rings (SSSR count). The maximum atomic E-state index is 9.41. The molecule has 0 bridgehead atoms. The summed E-state index contributed by atoms with van der Waals surface area (Å²) < 4.78 is 0. The highest BCUT2D eigenvalue weighted by molar-refractivity contribution is 5.32. The second-order valence-corrected chi connectivity index (χ2v) is 4.99. The Morgan fingerprint density at radius 3 is 2.29 bits per heavy atom. The van der Waals surface area contributed by atoms with Gasteiger partial charge >= 0.3 is 0 Å². The summed E-state index contributed by atoms with van der Waals surface area (Å²) in [4.78, 5) is 0. The molecular formula is C16H26O. The number of benzene rings is 1. The van der Waals surface area contributed by atoms with Gasteiger partial charge in [-0.05, 0) is 49.3 Å². The van der Waals surface area contributed by atoms with E-state index in [1.165, 1.54) is 29.5 Å². The minimum absolute atomic E-state index is 0.195. The van der Waals surface area contributed by atoms with Crippen LogP contribution in [0.3, 0.4) is 0 Å². The largest absolute Gasteiger partial charge is 0.393 e. The van der Waals surface area contributed by atoms with Gasteiger partial charge in [-0.25, -0.2) is 0 Å². The smallest absolute Gasteiger partial charge is 0.0515 e. The average molecular weight is 234 g/mol. The number of hydrogen-bond donors (Lipinski definition) is 1. The molecule has 0 fully saturated rings. The summed E-state index contributed by atoms with van der Waals surface area (Å²) in [6, 6.07) is 6.89. The van der Waals surface area contributed by atoms with Crippen molar-refractivity contribution >= 4 is 0 Å². The molecule has 1 heteroatoms. The Balaban J connectivity index is 2.81. The van der Waals surface area contributed by atoms with Crippen LogP contribution in [0.4, 0.5) is 0 Å². The fourth-order valence-electron chi connectivity index (χ4n) is 2.23. The highest BCUT2D eigenvalue weighted by Crippen LogP contribution is 2.18. The minimum atomic E-state index is -0.195. The zero-order chi connectivity index (χ0) is 12.7. The van der Waals surface area contributed by atoms with Gasteiger partial charge in [-0.1, -0.05) is 44.9 Å². The van der Waals surface area contributed by atoms with Crippen molar-refractivity contribution in [2.45, 2.75) is 65.4 Å². The molecule has 0 radical (unpaired) electrons. The number of rotatable bonds is 7. The van der Waals surface area contributed by atoms with E-state index in [1.807, 2.05) is 6.92 Å². The predicted octanol–water partition coefficient (Wildman–Crippen LogP) is 3.91. The Kier molecular flexibility index (Phi) is 6.28. The molecule has 0 aliphatic heterocycles. The SMILES string of the molecule is CCCc1ccc(CCC)c(CCC(C)O)c1. The Hall–Kier alpha value is -0.820. The van der Waals surface area contributed by atoms with Crippen LogP contribution >= 0.6 is 0 Å². The lowest BCUT2D eigenvalue weighted by atomic mass is 9.95. The molecule has 0 saturated heterocycles. The molecule has 0 spiro atoms. The fourth-order valence-corrected chi connectivity index (χ4v) is 2.23. The van der Waals surface area contributed by atoms with Gasteiger partial charge in [-0.2, -0.15) is 0 Å². The van der Waals surface area contributed by atoms with Gasteiger partial charge in [0.15, 0.2) is 0 Å². The molecule has 1 aromatic rings. The average Bonchev–Trinajstić information content (AvgIpc) is 2.29. The minimum Gasteiger partial charge on any atom is -0.393 e. The Labute approximate surface area is 106 Å². The lowest BCUT2D eigenvalue weighted by molar-refractivity contribution is 0.185. The van der Waals surface area contributed by atoms with Crippen LogP contribution in [-0.2, 0) is 19.3 Å². The van der Waals surface area contributed by atoms with Crippen LogP contribution in [-0.4, -0.2) is 11.2 Å². The molecule has 17 heavy (non-hydrogen) atoms. The molecule has 1 nitrogen and oxygen atoms in total. The van der Waals surface area contributed by atoms with Crippen LogP contribution in [0.2, 0.25) is 0 Å². The van der Waals surface area contributed by atoms with Crippen molar-refractivity contribution in [1.82, 2.24) is 0 Å². The zero-order valence-corrected chi connectivity index (χ0v) is 11.5. The van der Waals surface area contributed by atoms with Crippen molar-refractivity contribution in [1.29, 1.82) is 0 Å². The summed E-state index contributed by atoms with van der Waals surface area (Å²) in [5.74, 6) is 0. The van der Waals surface area contributed by atoms with Crippen molar-refractivity contribution < 1.29 is 5.11 Å². The second kappa shape index (κ2) is 7.50. The Morgan fingerprint density at radius 1 is 1.00 bits per heavy atom. The van der Waals surface area contributed by atoms with Gasteiger partial charge in [0.25, 0.3) is 0 Å². The van der Waals surface area contributed by atoms with Gasteiger partial charge in [-0.15, -0.1) is 0 Å². The second-order valence-electron chi connectivity index (χ2n) is 4.99. The summed E-state index contributed by atoms with van der Waals surface area (Å²) in [5.41, 5.74) is 4.35. The first kappa shape index (κ1) is 14.2. The quantitative estimate of drug-likeness (QED) is 0.758. The highest BCUT2D eigenvalue weighted by Gasteiger charge is 2.05. The normalized spacial score (nSPS) is 12.7. The maximum absolute atomic E-state index is 9.41. The van der Waals surface area contributed by atoms with Crippen LogP contribution in [0.5, 0.6) is 0 Å². The maximum Gasteiger partial charge on any atom is 0.0515 e. The van der Waals surface area contributed by atoms with Crippen molar-refractivity contribution in [3.05, 3.63) is 34.9 Å². The van der Waals surface area contributed by atoms with Gasteiger partial charge in [0, 0.05) is 0 Å². The van der Waals surface area contributed by atoms with Crippen LogP contribution in [0, 0.1) is 0 Å². The molecule has 0 aliphatic carbocycles. The number of aliphatic hydroxyl groups is 1. The summed E-state index contributed by atoms with van der Waals surface area (Å²) >= 11 is 0. The first-order valence-corrected chi connectivity index (χ1v) is 6.96. The van der Waals surface area contributed by atoms with E-state index in [-0.39, 0.29) is 6.10 Å². The van der Waals surface area contributed by atoms with E-state index in [4.69, 9.17) is 0 Å². The standard InChI is InChI=1S/C16H26O/c1-4-6-14-9-11-15(7-5-2)16(12-14)10-8-13(3)17/h9,11-13,17H,4-8,10H2,1-3H3. The molecule has 0 aromatic heterocycles. The molecule has 1 atom stereocenters. The van der Waals surface area contributed by atoms with Crippen molar-refractivity contribution in [3.63, 3.8) is 0 Å². The highest BCUT2D eigenvalue weighted by atomic mass is 16.3. The van der Waals surface area contributed by atoms with Crippen LogP contribution in [0.25, 0.3) is 0 Å². The summed E-state index contributed by atoms with van der Waals surface area (Å²) in [5, 5.41) is 9.41. The third-order valence-electron chi connectivity index (χ3n) is 3.16. The molecule has 0 saturated carbocycles. The Bertz CT molecular complexity index is 328. The van der Waals surface area contributed by atoms with E-state index >= 15 is 0 Å². The molecule has 1 unspecified atom stereocenters. The van der Waals surface area contributed by atoms with Crippen molar-refractivity contribution in [2.75, 3.05) is 0 Å². The van der Waals surface area contributed by atoms with E-state index in [9.17, 15) is 5.11 Å². The van der Waals surface area contributed by atoms with E-state index < -0.39 is 0 Å². The van der Waals surface area contributed by atoms with Crippen LogP contribution in [0.15, 0.2) is 18.2 Å². The van der Waals surface area contributed by atoms with Gasteiger partial charge in [0.1, 0.15) is 0 Å². The topological polar surface area (TPSA) is 20.2 Å². The molecule has 96 valence electrons. The number of hydrogen-bond acceptors (Lipinski definition) is 1. The third kappa shape index (κ3) is 4.91. The third-order valence-corrected chi connectivity index (χ3v) is 3.16.